The first kappa shape index (κ1) is 8.87. The summed E-state index contributed by atoms with van der Waals surface area (Å²) in [6.07, 6.45) is 0.875. The van der Waals surface area contributed by atoms with Crippen LogP contribution in [-0.2, 0) is 6.42 Å². The maximum Gasteiger partial charge on any atom is 0.341 e. The largest absolute Gasteiger partial charge is 0.496 e. The Morgan fingerprint density at radius 2 is 2.36 bits per heavy atom. The number of methoxy groups -OCH3 is 1. The summed E-state index contributed by atoms with van der Waals surface area (Å²) >= 11 is 0. The molecule has 14 heavy (non-hydrogen) atoms. The van der Waals surface area contributed by atoms with Gasteiger partial charge in [0, 0.05) is 6.54 Å². The zero-order valence-corrected chi connectivity index (χ0v) is 7.83. The molecule has 0 saturated carbocycles. The molecule has 0 unspecified atom stereocenters. The second-order valence-corrected chi connectivity index (χ2v) is 3.16. The van der Waals surface area contributed by atoms with Crippen molar-refractivity contribution in [2.24, 2.45) is 0 Å². The Bertz CT molecular complexity index is 387. The molecular formula is C10H11NO3. The highest BCUT2D eigenvalue weighted by molar-refractivity contribution is 5.98. The molecular weight excluding hydrogens is 182 g/mol. The van der Waals surface area contributed by atoms with Crippen molar-refractivity contribution in [1.82, 2.24) is 0 Å². The van der Waals surface area contributed by atoms with Crippen molar-refractivity contribution in [2.75, 3.05) is 19.0 Å². The van der Waals surface area contributed by atoms with E-state index in [1.54, 1.807) is 6.07 Å². The number of ether oxygens (including phenoxy) is 1. The predicted molar refractivity (Wildman–Crippen MR) is 52.1 cm³/mol. The van der Waals surface area contributed by atoms with Crippen LogP contribution in [0, 0.1) is 0 Å². The lowest BCUT2D eigenvalue weighted by Gasteiger charge is -2.09. The maximum absolute atomic E-state index is 11.0. The second kappa shape index (κ2) is 3.21. The summed E-state index contributed by atoms with van der Waals surface area (Å²) in [5.41, 5.74) is 1.99. The van der Waals surface area contributed by atoms with Crippen LogP contribution in [0.3, 0.4) is 0 Å². The number of rotatable bonds is 2. The van der Waals surface area contributed by atoms with E-state index >= 15 is 0 Å². The number of carboxylic acids is 1. The highest BCUT2D eigenvalue weighted by Gasteiger charge is 2.22. The molecule has 1 heterocycles. The average Bonchev–Trinajstić information content (AvgIpc) is 2.62. The van der Waals surface area contributed by atoms with Crippen LogP contribution < -0.4 is 10.1 Å². The molecule has 74 valence electrons. The van der Waals surface area contributed by atoms with Gasteiger partial charge in [0.05, 0.1) is 12.8 Å². The maximum atomic E-state index is 11.0. The van der Waals surface area contributed by atoms with Crippen molar-refractivity contribution in [3.63, 3.8) is 0 Å². The Morgan fingerprint density at radius 3 is 3.00 bits per heavy atom. The summed E-state index contributed by atoms with van der Waals surface area (Å²) in [5, 5.41) is 12.1. The number of nitrogens with one attached hydrogen (secondary N) is 1. The molecule has 0 aliphatic carbocycles. The quantitative estimate of drug-likeness (QED) is 0.744. The molecule has 0 saturated heterocycles. The lowest BCUT2D eigenvalue weighted by molar-refractivity contribution is 0.0694. The average molecular weight is 193 g/mol. The van der Waals surface area contributed by atoms with E-state index in [2.05, 4.69) is 5.32 Å². The number of carboxylic acid groups (broad SMARTS) is 1. The van der Waals surface area contributed by atoms with Crippen LogP contribution in [0.25, 0.3) is 0 Å². The molecule has 0 amide bonds. The van der Waals surface area contributed by atoms with E-state index in [0.717, 1.165) is 18.5 Å². The molecule has 2 rings (SSSR count). The zero-order valence-electron chi connectivity index (χ0n) is 7.83. The van der Waals surface area contributed by atoms with Crippen LogP contribution in [0.5, 0.6) is 5.75 Å². The van der Waals surface area contributed by atoms with Crippen molar-refractivity contribution >= 4 is 11.7 Å². The van der Waals surface area contributed by atoms with Gasteiger partial charge in [-0.1, -0.05) is 6.07 Å². The molecule has 0 spiro atoms. The minimum atomic E-state index is -0.951. The Labute approximate surface area is 81.5 Å². The topological polar surface area (TPSA) is 58.6 Å². The third-order valence-electron chi connectivity index (χ3n) is 2.38. The van der Waals surface area contributed by atoms with Gasteiger partial charge in [0.25, 0.3) is 0 Å². The van der Waals surface area contributed by atoms with Crippen LogP contribution >= 0.6 is 0 Å². The highest BCUT2D eigenvalue weighted by Crippen LogP contribution is 2.33. The van der Waals surface area contributed by atoms with Gasteiger partial charge >= 0.3 is 5.97 Å². The van der Waals surface area contributed by atoms with E-state index in [9.17, 15) is 4.79 Å². The molecule has 0 radical (unpaired) electrons. The van der Waals surface area contributed by atoms with Crippen LogP contribution in [-0.4, -0.2) is 24.7 Å². The van der Waals surface area contributed by atoms with Crippen molar-refractivity contribution in [1.29, 1.82) is 0 Å². The first-order valence-corrected chi connectivity index (χ1v) is 4.41. The van der Waals surface area contributed by atoms with Gasteiger partial charge in [0.15, 0.2) is 0 Å². The van der Waals surface area contributed by atoms with E-state index in [1.807, 2.05) is 6.07 Å². The van der Waals surface area contributed by atoms with Crippen LogP contribution in [0.4, 0.5) is 5.69 Å². The van der Waals surface area contributed by atoms with Gasteiger partial charge in [0.2, 0.25) is 0 Å². The number of carbonyl (C=O) groups is 1. The van der Waals surface area contributed by atoms with E-state index in [0.29, 0.717) is 11.4 Å². The van der Waals surface area contributed by atoms with Crippen molar-refractivity contribution in [3.8, 4) is 5.75 Å². The summed E-state index contributed by atoms with van der Waals surface area (Å²) in [6.45, 7) is 0.794. The van der Waals surface area contributed by atoms with Crippen molar-refractivity contribution in [3.05, 3.63) is 23.3 Å². The fourth-order valence-corrected chi connectivity index (χ4v) is 1.74. The number of benzene rings is 1. The van der Waals surface area contributed by atoms with E-state index in [4.69, 9.17) is 9.84 Å². The predicted octanol–water partition coefficient (Wildman–Crippen LogP) is 1.36. The molecule has 0 aromatic heterocycles. The fourth-order valence-electron chi connectivity index (χ4n) is 1.74. The Hall–Kier alpha value is -1.71. The molecule has 0 fully saturated rings. The minimum absolute atomic E-state index is 0.238. The number of hydrogen-bond acceptors (Lipinski definition) is 3. The standard InChI is InChI=1S/C10H11NO3/c1-14-7-3-2-6-4-5-11-9(6)8(7)10(12)13/h2-3,11H,4-5H2,1H3,(H,12,13). The monoisotopic (exact) mass is 193 g/mol. The number of hydrogen-bond donors (Lipinski definition) is 2. The Balaban J connectivity index is 2.62. The molecule has 1 aromatic rings. The molecule has 1 aromatic carbocycles. The van der Waals surface area contributed by atoms with Gasteiger partial charge in [-0.3, -0.25) is 0 Å². The van der Waals surface area contributed by atoms with Crippen LogP contribution in [0.15, 0.2) is 12.1 Å². The first-order valence-electron chi connectivity index (χ1n) is 4.41. The Morgan fingerprint density at radius 1 is 1.57 bits per heavy atom. The van der Waals surface area contributed by atoms with Crippen molar-refractivity contribution in [2.45, 2.75) is 6.42 Å². The summed E-state index contributed by atoms with van der Waals surface area (Å²) in [4.78, 5) is 11.0. The van der Waals surface area contributed by atoms with Gasteiger partial charge in [0.1, 0.15) is 11.3 Å². The highest BCUT2D eigenvalue weighted by atomic mass is 16.5. The lowest BCUT2D eigenvalue weighted by Crippen LogP contribution is -2.05. The minimum Gasteiger partial charge on any atom is -0.496 e. The number of anilines is 1. The van der Waals surface area contributed by atoms with Gasteiger partial charge in [-0.15, -0.1) is 0 Å². The summed E-state index contributed by atoms with van der Waals surface area (Å²) in [5.74, 6) is -0.543. The van der Waals surface area contributed by atoms with Gasteiger partial charge < -0.3 is 15.2 Å². The molecule has 4 heteroatoms. The van der Waals surface area contributed by atoms with Gasteiger partial charge in [-0.05, 0) is 18.1 Å². The molecule has 1 aliphatic heterocycles. The first-order chi connectivity index (χ1) is 6.74. The molecule has 1 aliphatic rings. The number of fused-ring (bicyclic) bond motifs is 1. The molecule has 4 nitrogen and oxygen atoms in total. The van der Waals surface area contributed by atoms with Crippen LogP contribution in [0.2, 0.25) is 0 Å². The van der Waals surface area contributed by atoms with Crippen LogP contribution in [0.1, 0.15) is 15.9 Å². The van der Waals surface area contributed by atoms with Crippen molar-refractivity contribution < 1.29 is 14.6 Å². The third kappa shape index (κ3) is 1.19. The lowest BCUT2D eigenvalue weighted by atomic mass is 10.1. The molecule has 0 atom stereocenters. The zero-order chi connectivity index (χ0) is 10.1. The smallest absolute Gasteiger partial charge is 0.341 e. The summed E-state index contributed by atoms with van der Waals surface area (Å²) in [7, 11) is 1.48. The van der Waals surface area contributed by atoms with Gasteiger partial charge in [-0.2, -0.15) is 0 Å². The van der Waals surface area contributed by atoms with Gasteiger partial charge in [-0.25, -0.2) is 4.79 Å². The number of aromatic carboxylic acids is 1. The normalized spacial score (nSPS) is 13.2. The van der Waals surface area contributed by atoms with E-state index in [1.165, 1.54) is 7.11 Å². The summed E-state index contributed by atoms with van der Waals surface area (Å²) < 4.78 is 5.01. The fraction of sp³-hybridized carbons (Fsp3) is 0.300. The third-order valence-corrected chi connectivity index (χ3v) is 2.38. The van der Waals surface area contributed by atoms with E-state index < -0.39 is 5.97 Å². The Kier molecular flexibility index (Phi) is 2.04. The van der Waals surface area contributed by atoms with E-state index in [-0.39, 0.29) is 5.56 Å². The second-order valence-electron chi connectivity index (χ2n) is 3.16. The summed E-state index contributed by atoms with van der Waals surface area (Å²) in [6, 6.07) is 3.61. The molecule has 0 bridgehead atoms. The SMILES string of the molecule is COc1ccc2c(c1C(=O)O)NCC2. The molecule has 2 N–H and O–H groups in total.